The molecule has 21 heavy (non-hydrogen) atoms. The van der Waals surface area contributed by atoms with Crippen molar-refractivity contribution in [3.05, 3.63) is 0 Å². The lowest BCUT2D eigenvalue weighted by atomic mass is 10.1. The molecule has 6 nitrogen and oxygen atoms in total. The van der Waals surface area contributed by atoms with E-state index < -0.39 is 23.1 Å². The zero-order chi connectivity index (χ0) is 16.5. The highest BCUT2D eigenvalue weighted by Crippen LogP contribution is 2.13. The molecular formula is C15H22N2O4. The molecular weight excluding hydrogens is 272 g/mol. The van der Waals surface area contributed by atoms with Gasteiger partial charge in [0.1, 0.15) is 12.1 Å². The van der Waals surface area contributed by atoms with Crippen LogP contribution >= 0.6 is 0 Å². The second-order valence-corrected chi connectivity index (χ2v) is 5.75. The Morgan fingerprint density at radius 3 is 1.43 bits per heavy atom. The topological polar surface area (TPSA) is 100 Å². The smallest absolute Gasteiger partial charge is 0.307 e. The van der Waals surface area contributed by atoms with Crippen LogP contribution in [0, 0.1) is 22.7 Å². The van der Waals surface area contributed by atoms with E-state index in [1.807, 2.05) is 12.1 Å². The van der Waals surface area contributed by atoms with Crippen LogP contribution in [0.3, 0.4) is 0 Å². The normalized spacial score (nSPS) is 11.1. The van der Waals surface area contributed by atoms with Crippen LogP contribution < -0.4 is 0 Å². The Labute approximate surface area is 125 Å². The predicted octanol–water partition coefficient (Wildman–Crippen LogP) is 2.63. The quantitative estimate of drug-likeness (QED) is 0.504. The van der Waals surface area contributed by atoms with Crippen LogP contribution in [0.15, 0.2) is 0 Å². The van der Waals surface area contributed by atoms with Crippen LogP contribution in [-0.4, -0.2) is 23.1 Å². The van der Waals surface area contributed by atoms with Crippen molar-refractivity contribution < 1.29 is 19.1 Å². The Morgan fingerprint density at radius 2 is 1.14 bits per heavy atom. The molecule has 0 aromatic rings. The van der Waals surface area contributed by atoms with Gasteiger partial charge in [-0.1, -0.05) is 6.42 Å². The minimum absolute atomic E-state index is 0.212. The summed E-state index contributed by atoms with van der Waals surface area (Å²) in [6, 6.07) is 3.77. The number of rotatable bonds is 8. The van der Waals surface area contributed by atoms with Crippen LogP contribution in [0.2, 0.25) is 0 Å². The summed E-state index contributed by atoms with van der Waals surface area (Å²) in [6.07, 6.45) is 2.25. The molecule has 0 aromatic carbocycles. The molecule has 0 saturated carbocycles. The van der Waals surface area contributed by atoms with Crippen molar-refractivity contribution in [2.45, 2.75) is 71.0 Å². The maximum atomic E-state index is 11.4. The molecule has 0 amide bonds. The Balaban J connectivity index is 3.79. The summed E-state index contributed by atoms with van der Waals surface area (Å²) < 4.78 is 9.93. The van der Waals surface area contributed by atoms with Gasteiger partial charge in [0.25, 0.3) is 0 Å². The third kappa shape index (κ3) is 9.45. The van der Waals surface area contributed by atoms with E-state index in [2.05, 4.69) is 0 Å². The highest BCUT2D eigenvalue weighted by atomic mass is 16.6. The molecule has 0 aliphatic heterocycles. The van der Waals surface area contributed by atoms with Gasteiger partial charge in [0.05, 0.1) is 0 Å². The zero-order valence-electron chi connectivity index (χ0n) is 13.1. The van der Waals surface area contributed by atoms with Crippen LogP contribution in [0.4, 0.5) is 0 Å². The Bertz CT molecular complexity index is 413. The third-order valence-electron chi connectivity index (χ3n) is 2.54. The summed E-state index contributed by atoms with van der Waals surface area (Å²) in [4.78, 5) is 22.9. The molecule has 0 bridgehead atoms. The van der Waals surface area contributed by atoms with Gasteiger partial charge >= 0.3 is 11.9 Å². The molecule has 0 N–H and O–H groups in total. The lowest BCUT2D eigenvalue weighted by molar-refractivity contribution is -0.152. The molecule has 0 fully saturated rings. The van der Waals surface area contributed by atoms with Gasteiger partial charge < -0.3 is 9.47 Å². The second-order valence-electron chi connectivity index (χ2n) is 5.75. The molecule has 0 aliphatic carbocycles. The molecule has 0 saturated heterocycles. The summed E-state index contributed by atoms with van der Waals surface area (Å²) in [6.45, 7) is 6.10. The highest BCUT2D eigenvalue weighted by molar-refractivity contribution is 5.70. The van der Waals surface area contributed by atoms with E-state index in [4.69, 9.17) is 20.0 Å². The summed E-state index contributed by atoms with van der Waals surface area (Å²) in [5, 5.41) is 17.5. The lowest BCUT2D eigenvalue weighted by Gasteiger charge is -2.16. The molecule has 0 atom stereocenters. The third-order valence-corrected chi connectivity index (χ3v) is 2.54. The average Bonchev–Trinajstić information content (AvgIpc) is 2.37. The summed E-state index contributed by atoms with van der Waals surface area (Å²) >= 11 is 0. The molecule has 0 aliphatic rings. The number of nitriles is 2. The Hall–Kier alpha value is -2.08. The highest BCUT2D eigenvalue weighted by Gasteiger charge is 2.22. The van der Waals surface area contributed by atoms with Crippen molar-refractivity contribution in [3.63, 3.8) is 0 Å². The molecule has 0 spiro atoms. The number of unbranched alkanes of at least 4 members (excludes halogenated alkanes) is 2. The van der Waals surface area contributed by atoms with Gasteiger partial charge in [-0.15, -0.1) is 0 Å². The maximum Gasteiger partial charge on any atom is 0.307 e. The van der Waals surface area contributed by atoms with Crippen molar-refractivity contribution in [1.82, 2.24) is 0 Å². The number of carbonyl (C=O) groups is 2. The molecule has 0 unspecified atom stereocenters. The first-order chi connectivity index (χ1) is 9.62. The van der Waals surface area contributed by atoms with Crippen molar-refractivity contribution in [1.29, 1.82) is 10.5 Å². The van der Waals surface area contributed by atoms with E-state index in [0.29, 0.717) is 19.3 Å². The Morgan fingerprint density at radius 1 is 0.810 bits per heavy atom. The van der Waals surface area contributed by atoms with Gasteiger partial charge in [-0.3, -0.25) is 9.59 Å². The number of carbonyl (C=O) groups excluding carboxylic acids is 2. The minimum Gasteiger partial charge on any atom is -0.444 e. The molecule has 6 heteroatoms. The number of nitrogens with zero attached hydrogens (tertiary/aromatic N) is 2. The molecule has 0 aromatic heterocycles. The number of ether oxygens (including phenoxy) is 2. The SMILES string of the molecule is CC(C)(C#N)OC(=O)CCCCCC(=O)OC(C)(C)C#N. The van der Waals surface area contributed by atoms with Crippen LogP contribution in [0.25, 0.3) is 0 Å². The van der Waals surface area contributed by atoms with Crippen LogP contribution in [0.5, 0.6) is 0 Å². The molecule has 116 valence electrons. The van der Waals surface area contributed by atoms with Crippen LogP contribution in [-0.2, 0) is 19.1 Å². The standard InChI is InChI=1S/C15H22N2O4/c1-14(2,10-16)20-12(18)8-6-5-7-9-13(19)21-15(3,4)11-17/h5-9H2,1-4H3. The van der Waals surface area contributed by atoms with Gasteiger partial charge in [-0.2, -0.15) is 10.5 Å². The summed E-state index contributed by atoms with van der Waals surface area (Å²) in [5.74, 6) is -0.843. The fraction of sp³-hybridized carbons (Fsp3) is 0.733. The monoisotopic (exact) mass is 294 g/mol. The van der Waals surface area contributed by atoms with Crippen LogP contribution in [0.1, 0.15) is 59.8 Å². The number of hydrogen-bond donors (Lipinski definition) is 0. The largest absolute Gasteiger partial charge is 0.444 e. The first-order valence-corrected chi connectivity index (χ1v) is 6.88. The van der Waals surface area contributed by atoms with Gasteiger partial charge in [-0.05, 0) is 40.5 Å². The van der Waals surface area contributed by atoms with Gasteiger partial charge in [-0.25, -0.2) is 0 Å². The lowest BCUT2D eigenvalue weighted by Crippen LogP contribution is -2.26. The first kappa shape index (κ1) is 18.9. The summed E-state index contributed by atoms with van der Waals surface area (Å²) in [7, 11) is 0. The average molecular weight is 294 g/mol. The molecule has 0 heterocycles. The van der Waals surface area contributed by atoms with E-state index in [1.54, 1.807) is 0 Å². The van der Waals surface area contributed by atoms with Crippen molar-refractivity contribution >= 4 is 11.9 Å². The van der Waals surface area contributed by atoms with E-state index in [0.717, 1.165) is 0 Å². The van der Waals surface area contributed by atoms with Crippen molar-refractivity contribution in [3.8, 4) is 12.1 Å². The van der Waals surface area contributed by atoms with Crippen molar-refractivity contribution in [2.75, 3.05) is 0 Å². The predicted molar refractivity (Wildman–Crippen MR) is 74.7 cm³/mol. The Kier molecular flexibility index (Phi) is 7.44. The van der Waals surface area contributed by atoms with Crippen molar-refractivity contribution in [2.24, 2.45) is 0 Å². The van der Waals surface area contributed by atoms with Gasteiger partial charge in [0.2, 0.25) is 0 Å². The van der Waals surface area contributed by atoms with Gasteiger partial charge in [0.15, 0.2) is 11.2 Å². The molecule has 0 radical (unpaired) electrons. The van der Waals surface area contributed by atoms with E-state index in [9.17, 15) is 9.59 Å². The fourth-order valence-electron chi connectivity index (χ4n) is 1.43. The number of esters is 2. The number of hydrogen-bond acceptors (Lipinski definition) is 6. The summed E-state index contributed by atoms with van der Waals surface area (Å²) in [5.41, 5.74) is -2.21. The van der Waals surface area contributed by atoms with E-state index in [-0.39, 0.29) is 12.8 Å². The van der Waals surface area contributed by atoms with E-state index >= 15 is 0 Å². The maximum absolute atomic E-state index is 11.4. The second kappa shape index (κ2) is 8.26. The first-order valence-electron chi connectivity index (χ1n) is 6.88. The fourth-order valence-corrected chi connectivity index (χ4v) is 1.43. The van der Waals surface area contributed by atoms with E-state index in [1.165, 1.54) is 27.7 Å². The molecule has 0 rings (SSSR count). The van der Waals surface area contributed by atoms with Gasteiger partial charge in [0, 0.05) is 12.8 Å². The zero-order valence-corrected chi connectivity index (χ0v) is 13.1. The minimum atomic E-state index is -1.11.